The largest absolute Gasteiger partial charge is 0.506 e. The molecular formula is C96H99BrCl2N10O17S14. The van der Waals surface area contributed by atoms with E-state index in [0.29, 0.717) is 90.9 Å². The van der Waals surface area contributed by atoms with Gasteiger partial charge in [0.05, 0.1) is 64.0 Å². The SMILES string of the molecule is Cc1cc(Cl)nc(CC(=O)CS)n1.Cc1ccc(CC(=O)CS)cc1C.NS(=O)(=O)c1ccc(CC(=O)CS)cc1.O=C(CS)Cc1ccc(Br)cn1.O=C(CS)Cc1cccc2c1-c1ccccc1C2=O.O=C(CS)Cc1cccc2c1C(=O)CNC2=O.O=C(CS)Cc1ccccc1CO.O=C(CS)Cc1nc2c(Cl)cccc2s1.O=C(CS)Cc1ncccc1O.O=C(CS)Nc1n[nH]c(=S)s1. The number of aromatic amines is 1. The van der Waals surface area contributed by atoms with Crippen LogP contribution >= 0.6 is 200 Å². The number of hydrogen-bond acceptors (Lipinski definition) is 36. The van der Waals surface area contributed by atoms with Crippen molar-refractivity contribution in [3.05, 3.63) is 302 Å². The maximum atomic E-state index is 12.3. The number of thiol groups is 10. The van der Waals surface area contributed by atoms with Crippen LogP contribution in [0.15, 0.2) is 198 Å². The van der Waals surface area contributed by atoms with Gasteiger partial charge in [-0.1, -0.05) is 150 Å². The molecule has 740 valence electrons. The second-order valence-electron chi connectivity index (χ2n) is 29.6. The first-order chi connectivity index (χ1) is 66.7. The number of nitrogens with one attached hydrogen (secondary N) is 3. The normalized spacial score (nSPS) is 11.0. The van der Waals surface area contributed by atoms with Crippen molar-refractivity contribution >= 4 is 301 Å². The minimum atomic E-state index is -3.65. The number of para-hydroxylation sites is 1. The molecule has 12 aromatic rings. The van der Waals surface area contributed by atoms with Gasteiger partial charge in [-0.3, -0.25) is 82.7 Å². The number of aromatic nitrogens is 7. The van der Waals surface area contributed by atoms with Crippen molar-refractivity contribution in [2.45, 2.75) is 90.1 Å². The molecule has 0 unspecified atom stereocenters. The highest BCUT2D eigenvalue weighted by molar-refractivity contribution is 9.10. The number of thiazole rings is 1. The summed E-state index contributed by atoms with van der Waals surface area (Å²) in [6, 6.07) is 51.6. The molecule has 0 atom stereocenters. The highest BCUT2D eigenvalue weighted by atomic mass is 79.9. The van der Waals surface area contributed by atoms with E-state index in [4.69, 9.17) is 45.7 Å². The molecule has 44 heteroatoms. The maximum Gasteiger partial charge on any atom is 0.252 e. The number of rotatable bonds is 31. The van der Waals surface area contributed by atoms with Crippen LogP contribution in [0.25, 0.3) is 21.3 Å². The van der Waals surface area contributed by atoms with Crippen molar-refractivity contribution in [2.75, 3.05) is 69.4 Å². The molecule has 7 aromatic carbocycles. The number of nitrogens with zero attached hydrogens (tertiary/aromatic N) is 6. The number of benzene rings is 7. The van der Waals surface area contributed by atoms with E-state index in [1.807, 2.05) is 104 Å². The van der Waals surface area contributed by atoms with Gasteiger partial charge in [0.1, 0.15) is 79.3 Å². The lowest BCUT2D eigenvalue weighted by Crippen LogP contribution is -2.37. The minimum absolute atomic E-state index is 0.00207. The number of carbonyl (C=O) groups is 13. The first kappa shape index (κ1) is 122. The van der Waals surface area contributed by atoms with Crippen molar-refractivity contribution in [2.24, 2.45) is 5.14 Å². The summed E-state index contributed by atoms with van der Waals surface area (Å²) in [5.74, 6) is 2.46. The third-order valence-electron chi connectivity index (χ3n) is 18.8. The molecular weight excluding hydrogens is 2160 g/mol. The van der Waals surface area contributed by atoms with E-state index < -0.39 is 10.0 Å². The van der Waals surface area contributed by atoms with Gasteiger partial charge in [-0.25, -0.2) is 28.5 Å². The number of H-pyrrole nitrogens is 1. The number of pyridine rings is 2. The number of aliphatic hydroxyl groups is 1. The Bertz CT molecular complexity index is 6500. The number of hydrogen-bond donors (Lipinski definition) is 16. The summed E-state index contributed by atoms with van der Waals surface area (Å²) in [7, 11) is -3.65. The van der Waals surface area contributed by atoms with Gasteiger partial charge in [-0.15, -0.1) is 16.4 Å². The van der Waals surface area contributed by atoms with Crippen LogP contribution in [-0.4, -0.2) is 193 Å². The summed E-state index contributed by atoms with van der Waals surface area (Å²) in [5, 5.41) is 36.7. The molecule has 5 aromatic heterocycles. The van der Waals surface area contributed by atoms with Crippen molar-refractivity contribution in [3.63, 3.8) is 0 Å². The molecule has 2 amide bonds. The fourth-order valence-corrected chi connectivity index (χ4v) is 16.2. The van der Waals surface area contributed by atoms with Gasteiger partial charge >= 0.3 is 0 Å². The van der Waals surface area contributed by atoms with Crippen LogP contribution in [0, 0.1) is 24.7 Å². The predicted molar refractivity (Wildman–Crippen MR) is 592 cm³/mol. The first-order valence-electron chi connectivity index (χ1n) is 41.6. The average Bonchev–Trinajstić information content (AvgIpc) is 1.60. The number of nitrogens with two attached hydrogens (primary N) is 1. The van der Waals surface area contributed by atoms with Crippen LogP contribution in [0.4, 0.5) is 5.13 Å². The quantitative estimate of drug-likeness (QED) is 0.0109. The number of aliphatic hydroxyl groups excluding tert-OH is 1. The van der Waals surface area contributed by atoms with Crippen molar-refractivity contribution in [1.29, 1.82) is 0 Å². The second kappa shape index (κ2) is 64.7. The monoisotopic (exact) mass is 2260 g/mol. The van der Waals surface area contributed by atoms with Crippen LogP contribution < -0.4 is 15.8 Å². The zero-order valence-electron chi connectivity index (χ0n) is 75.3. The van der Waals surface area contributed by atoms with Gasteiger partial charge in [-0.05, 0) is 165 Å². The number of fused-ring (bicyclic) bond motifs is 5. The van der Waals surface area contributed by atoms with Gasteiger partial charge in [0.15, 0.2) is 15.5 Å². The Labute approximate surface area is 896 Å². The first-order valence-corrected chi connectivity index (χ1v) is 53.1. The molecule has 0 spiro atoms. The number of anilines is 1. The topological polar surface area (TPSA) is 440 Å². The van der Waals surface area contributed by atoms with E-state index in [2.05, 4.69) is 214 Å². The molecule has 0 saturated heterocycles. The molecule has 0 saturated carbocycles. The lowest BCUT2D eigenvalue weighted by molar-refractivity contribution is -0.116. The number of aryl methyl sites for hydroxylation is 3. The zero-order chi connectivity index (χ0) is 104. The fourth-order valence-electron chi connectivity index (χ4n) is 12.1. The van der Waals surface area contributed by atoms with E-state index in [0.717, 1.165) is 75.6 Å². The summed E-state index contributed by atoms with van der Waals surface area (Å²) >= 11 is 61.3. The van der Waals surface area contributed by atoms with E-state index >= 15 is 0 Å². The van der Waals surface area contributed by atoms with Crippen LogP contribution in [0.1, 0.15) is 109 Å². The van der Waals surface area contributed by atoms with Crippen molar-refractivity contribution in [1.82, 2.24) is 40.4 Å². The number of halogens is 3. The molecule has 1 aliphatic heterocycles. The van der Waals surface area contributed by atoms with E-state index in [1.165, 1.54) is 52.0 Å². The van der Waals surface area contributed by atoms with Gasteiger partial charge in [0.2, 0.25) is 21.1 Å². The lowest BCUT2D eigenvalue weighted by atomic mass is 9.92. The number of amides is 2. The fraction of sp³-hybridized carbons (Fsp3) is 0.250. The lowest BCUT2D eigenvalue weighted by Gasteiger charge is -2.18. The third-order valence-corrected chi connectivity index (χ3v) is 26.2. The van der Waals surface area contributed by atoms with Crippen LogP contribution in [-0.2, 0) is 122 Å². The number of Topliss-reactive ketones (excluding diaryl/α,β-unsaturated/α-hetero) is 10. The Balaban J connectivity index is 0.000000275. The summed E-state index contributed by atoms with van der Waals surface area (Å²) in [4.78, 5) is 167. The van der Waals surface area contributed by atoms with Crippen LogP contribution in [0.5, 0.6) is 5.75 Å². The zero-order valence-corrected chi connectivity index (χ0v) is 90.6. The van der Waals surface area contributed by atoms with Gasteiger partial charge in [0.25, 0.3) is 5.91 Å². The van der Waals surface area contributed by atoms with Crippen molar-refractivity contribution in [3.8, 4) is 16.9 Å². The molecule has 0 bridgehead atoms. The smallest absolute Gasteiger partial charge is 0.252 e. The molecule has 0 fully saturated rings. The second-order valence-corrected chi connectivity index (χ2v) is 38.8. The maximum absolute atomic E-state index is 12.3. The molecule has 6 heterocycles. The molecule has 2 aliphatic rings. The van der Waals surface area contributed by atoms with Crippen molar-refractivity contribution < 1.29 is 81.0 Å². The molecule has 14 rings (SSSR count). The Hall–Kier alpha value is -8.87. The third kappa shape index (κ3) is 43.4. The summed E-state index contributed by atoms with van der Waals surface area (Å²) in [6.45, 7) is 5.92. The molecule has 1 aliphatic carbocycles. The van der Waals surface area contributed by atoms with Crippen LogP contribution in [0.2, 0.25) is 10.2 Å². The van der Waals surface area contributed by atoms with Gasteiger partial charge in [-0.2, -0.15) is 126 Å². The van der Waals surface area contributed by atoms with Crippen LogP contribution in [0.3, 0.4) is 0 Å². The Morgan fingerprint density at radius 1 is 0.500 bits per heavy atom. The van der Waals surface area contributed by atoms with E-state index in [9.17, 15) is 75.9 Å². The number of ketones is 11. The van der Waals surface area contributed by atoms with E-state index in [1.54, 1.807) is 60.9 Å². The molecule has 140 heavy (non-hydrogen) atoms. The Morgan fingerprint density at radius 3 is 1.54 bits per heavy atom. The minimum Gasteiger partial charge on any atom is -0.506 e. The Kier molecular flexibility index (Phi) is 56.2. The number of primary sulfonamides is 1. The van der Waals surface area contributed by atoms with Gasteiger partial charge in [0, 0.05) is 135 Å². The standard InChI is InChI=1S/C16H12O2S.C12H11NO3S.C11H14OS.C10H8ClNOS2.C10H12O2S.C9H11NO3S2.C8H8BrNOS.C8H9ClN2OS.C8H9NO2S.C4H5N3OS3/c17-11(9-19)8-10-4-3-7-14-15(10)12-5-1-2-6-13(12)16(14)18;14-8(6-17)4-7-2-1-3-9-11(7)10(15)5-13-12(9)16;1-8-3-4-10(5-9(8)2)6-11(12)7-13;11-7-2-1-3-8-10(7)12-9(15-8)4-6(13)5-14;11-6-9-4-2-1-3-8(9)5-10(12)7-13;10-15(12,13)9-3-1-7(2-4-9)5-8(11)6-14;9-6-1-2-7(10-4-6)3-8(11)5-12;1-5-2-7(9)11-8(10-5)3-6(12)4-13;10-6(5-12)4-7-8(11)2-1-3-9-7;8-2(1-9)5-3-6-7-4(10)11-3/h1-7,19H,8-9H2;1-3,17H,4-6H2,(H,13,16);3-5,13H,6-7H2,1-2H3;1-3,14H,4-5H2;1-4,11,13H,5-7H2;1-4,14H,5-6H2,(H2,10,12,13);1-2,4,12H,3,5H2;2,13H,3-4H2,1H3;1-3,11-12H,4-5H2;9H,1H2,(H,7,10)(H,5,6,8). The number of carbonyl (C=O) groups excluding carboxylic acids is 13. The summed E-state index contributed by atoms with van der Waals surface area (Å²) < 4.78 is 24.3. The number of aromatic hydroxyl groups is 1. The summed E-state index contributed by atoms with van der Waals surface area (Å²) in [6.07, 6.45) is 5.89. The summed E-state index contributed by atoms with van der Waals surface area (Å²) in [5.41, 5.74) is 14.3. The predicted octanol–water partition coefficient (Wildman–Crippen LogP) is 15.8. The number of sulfonamides is 1. The molecule has 27 nitrogen and oxygen atoms in total. The highest BCUT2D eigenvalue weighted by Crippen LogP contribution is 2.39. The van der Waals surface area contributed by atoms with E-state index in [-0.39, 0.29) is 177 Å². The Morgan fingerprint density at radius 2 is 1.01 bits per heavy atom. The molecule has 0 radical (unpaired) electrons. The molecule has 7 N–H and O–H groups in total. The van der Waals surface area contributed by atoms with Gasteiger partial charge < -0.3 is 15.5 Å². The average molecular weight is 2260 g/mol. The highest BCUT2D eigenvalue weighted by Gasteiger charge is 2.30.